The van der Waals surface area contributed by atoms with Gasteiger partial charge in [0.1, 0.15) is 5.75 Å². The van der Waals surface area contributed by atoms with Gasteiger partial charge in [0.2, 0.25) is 5.91 Å². The number of phenolic OH excluding ortho intramolecular Hbond substituents is 1. The van der Waals surface area contributed by atoms with Gasteiger partial charge in [0.25, 0.3) is 0 Å². The lowest BCUT2D eigenvalue weighted by atomic mass is 10.1. The zero-order chi connectivity index (χ0) is 19.3. The zero-order valence-electron chi connectivity index (χ0n) is 16.3. The third-order valence-corrected chi connectivity index (χ3v) is 6.53. The van der Waals surface area contributed by atoms with Crippen molar-refractivity contribution in [3.63, 3.8) is 0 Å². The molecule has 2 aliphatic heterocycles. The monoisotopic (exact) mass is 399 g/mol. The minimum Gasteiger partial charge on any atom is -0.507 e. The fourth-order valence-electron chi connectivity index (χ4n) is 4.21. The van der Waals surface area contributed by atoms with Crippen LogP contribution < -0.4 is 5.32 Å². The molecule has 1 aromatic carbocycles. The molecule has 3 heterocycles. The van der Waals surface area contributed by atoms with Crippen molar-refractivity contribution in [2.45, 2.75) is 45.2 Å². The number of nitrogens with one attached hydrogen (secondary N) is 1. The minimum atomic E-state index is -0.00705. The zero-order valence-corrected chi connectivity index (χ0v) is 17.1. The fourth-order valence-corrected chi connectivity index (χ4v) is 4.92. The van der Waals surface area contributed by atoms with Crippen LogP contribution in [0, 0.1) is 0 Å². The highest BCUT2D eigenvalue weighted by molar-refractivity contribution is 7.10. The molecule has 0 unspecified atom stereocenters. The van der Waals surface area contributed by atoms with Gasteiger partial charge in [0.05, 0.1) is 6.42 Å². The van der Waals surface area contributed by atoms with E-state index < -0.39 is 0 Å². The van der Waals surface area contributed by atoms with Crippen LogP contribution in [-0.2, 0) is 24.3 Å². The molecule has 150 valence electrons. The lowest BCUT2D eigenvalue weighted by molar-refractivity contribution is -0.115. The summed E-state index contributed by atoms with van der Waals surface area (Å²) in [5.41, 5.74) is 2.64. The number of hydrogen-bond acceptors (Lipinski definition) is 5. The summed E-state index contributed by atoms with van der Waals surface area (Å²) in [7, 11) is 0. The molecule has 2 N–H and O–H groups in total. The molecule has 0 atom stereocenters. The number of phenols is 1. The molecule has 2 fully saturated rings. The molecule has 0 bridgehead atoms. The summed E-state index contributed by atoms with van der Waals surface area (Å²) >= 11 is 1.60. The number of likely N-dealkylation sites (tertiary alicyclic amines) is 2. The summed E-state index contributed by atoms with van der Waals surface area (Å²) in [5.74, 6) is 0.391. The molecule has 1 aromatic heterocycles. The molecule has 6 heteroatoms. The molecule has 2 aliphatic rings. The van der Waals surface area contributed by atoms with Crippen LogP contribution in [0.3, 0.4) is 0 Å². The first-order chi connectivity index (χ1) is 13.7. The Bertz CT molecular complexity index is 755. The van der Waals surface area contributed by atoms with Crippen molar-refractivity contribution in [1.29, 1.82) is 0 Å². The van der Waals surface area contributed by atoms with Gasteiger partial charge in [-0.3, -0.25) is 14.6 Å². The Morgan fingerprint density at radius 1 is 1.00 bits per heavy atom. The van der Waals surface area contributed by atoms with Crippen LogP contribution in [0.1, 0.15) is 41.7 Å². The van der Waals surface area contributed by atoms with Gasteiger partial charge in [0.15, 0.2) is 0 Å². The predicted molar refractivity (Wildman–Crippen MR) is 114 cm³/mol. The SMILES string of the molecule is O=C(Cc1cccs1)Nc1cc(CN2CCCC2)c(O)c(CN2CCCC2)c1. The molecule has 28 heavy (non-hydrogen) atoms. The molecule has 0 radical (unpaired) electrons. The summed E-state index contributed by atoms with van der Waals surface area (Å²) in [5, 5.41) is 16.0. The Kier molecular flexibility index (Phi) is 6.29. The number of aromatic hydroxyl groups is 1. The molecule has 4 rings (SSSR count). The number of thiophene rings is 1. The molecule has 5 nitrogen and oxygen atoms in total. The van der Waals surface area contributed by atoms with Gasteiger partial charge in [-0.1, -0.05) is 6.07 Å². The number of carbonyl (C=O) groups is 1. The summed E-state index contributed by atoms with van der Waals surface area (Å²) in [6, 6.07) is 7.86. The fraction of sp³-hybridized carbons (Fsp3) is 0.500. The van der Waals surface area contributed by atoms with Crippen LogP contribution in [-0.4, -0.2) is 47.0 Å². The number of carbonyl (C=O) groups excluding carboxylic acids is 1. The maximum absolute atomic E-state index is 12.5. The molecule has 0 spiro atoms. The number of amides is 1. The van der Waals surface area contributed by atoms with Crippen LogP contribution in [0.5, 0.6) is 5.75 Å². The average Bonchev–Trinajstić information content (AvgIpc) is 3.42. The highest BCUT2D eigenvalue weighted by Gasteiger charge is 2.20. The Hall–Kier alpha value is -1.89. The number of anilines is 1. The summed E-state index contributed by atoms with van der Waals surface area (Å²) in [4.78, 5) is 18.3. The van der Waals surface area contributed by atoms with Crippen molar-refractivity contribution in [3.8, 4) is 5.75 Å². The average molecular weight is 400 g/mol. The first-order valence-electron chi connectivity index (χ1n) is 10.3. The Morgan fingerprint density at radius 3 is 2.07 bits per heavy atom. The standard InChI is InChI=1S/C22H29N3O2S/c26-21(14-20-6-5-11-28-20)23-19-12-17(15-24-7-1-2-8-24)22(27)18(13-19)16-25-9-3-4-10-25/h5-6,11-13,27H,1-4,7-10,14-16H2,(H,23,26). The van der Waals surface area contributed by atoms with E-state index in [0.717, 1.165) is 61.0 Å². The van der Waals surface area contributed by atoms with E-state index in [2.05, 4.69) is 15.1 Å². The van der Waals surface area contributed by atoms with Gasteiger partial charge in [-0.15, -0.1) is 11.3 Å². The molecule has 2 saturated heterocycles. The number of rotatable bonds is 7. The number of nitrogens with zero attached hydrogens (tertiary/aromatic N) is 2. The summed E-state index contributed by atoms with van der Waals surface area (Å²) in [6.45, 7) is 5.80. The normalized spacial score (nSPS) is 18.0. The molecule has 2 aromatic rings. The van der Waals surface area contributed by atoms with E-state index in [1.54, 1.807) is 11.3 Å². The van der Waals surface area contributed by atoms with E-state index >= 15 is 0 Å². The van der Waals surface area contributed by atoms with Gasteiger partial charge in [-0.05, 0) is 75.4 Å². The van der Waals surface area contributed by atoms with E-state index in [0.29, 0.717) is 12.2 Å². The predicted octanol–water partition coefficient (Wildman–Crippen LogP) is 3.83. The van der Waals surface area contributed by atoms with Crippen molar-refractivity contribution >= 4 is 22.9 Å². The van der Waals surface area contributed by atoms with Crippen molar-refractivity contribution in [3.05, 3.63) is 45.6 Å². The topological polar surface area (TPSA) is 55.8 Å². The van der Waals surface area contributed by atoms with Crippen molar-refractivity contribution in [2.75, 3.05) is 31.5 Å². The van der Waals surface area contributed by atoms with E-state index in [1.807, 2.05) is 29.6 Å². The number of benzene rings is 1. The van der Waals surface area contributed by atoms with Gasteiger partial charge >= 0.3 is 0 Å². The Balaban J connectivity index is 1.53. The quantitative estimate of drug-likeness (QED) is 0.695. The van der Waals surface area contributed by atoms with Gasteiger partial charge in [0, 0.05) is 34.8 Å². The molecule has 1 amide bonds. The maximum Gasteiger partial charge on any atom is 0.229 e. The lowest BCUT2D eigenvalue weighted by Gasteiger charge is -2.21. The second-order valence-electron chi connectivity index (χ2n) is 7.91. The smallest absolute Gasteiger partial charge is 0.229 e. The van der Waals surface area contributed by atoms with Crippen molar-refractivity contribution in [2.24, 2.45) is 0 Å². The van der Waals surface area contributed by atoms with Crippen LogP contribution in [0.4, 0.5) is 5.69 Å². The lowest BCUT2D eigenvalue weighted by Crippen LogP contribution is -2.21. The van der Waals surface area contributed by atoms with E-state index in [1.165, 1.54) is 25.7 Å². The van der Waals surface area contributed by atoms with Crippen LogP contribution in [0.25, 0.3) is 0 Å². The highest BCUT2D eigenvalue weighted by Crippen LogP contribution is 2.31. The third kappa shape index (κ3) is 4.93. The van der Waals surface area contributed by atoms with E-state index in [-0.39, 0.29) is 5.91 Å². The second-order valence-corrected chi connectivity index (χ2v) is 8.95. The maximum atomic E-state index is 12.5. The van der Waals surface area contributed by atoms with Gasteiger partial charge in [-0.2, -0.15) is 0 Å². The number of hydrogen-bond donors (Lipinski definition) is 2. The van der Waals surface area contributed by atoms with E-state index in [4.69, 9.17) is 0 Å². The van der Waals surface area contributed by atoms with Gasteiger partial charge in [-0.25, -0.2) is 0 Å². The first-order valence-corrected chi connectivity index (χ1v) is 11.2. The second kappa shape index (κ2) is 9.07. The Labute approximate surface area is 171 Å². The highest BCUT2D eigenvalue weighted by atomic mass is 32.1. The summed E-state index contributed by atoms with van der Waals surface area (Å²) in [6.07, 6.45) is 5.27. The third-order valence-electron chi connectivity index (χ3n) is 5.65. The molecule has 0 aliphatic carbocycles. The molecule has 0 saturated carbocycles. The van der Waals surface area contributed by atoms with Crippen LogP contribution in [0.2, 0.25) is 0 Å². The van der Waals surface area contributed by atoms with Crippen molar-refractivity contribution < 1.29 is 9.90 Å². The van der Waals surface area contributed by atoms with Crippen LogP contribution >= 0.6 is 11.3 Å². The Morgan fingerprint density at radius 2 is 1.57 bits per heavy atom. The first kappa shape index (κ1) is 19.4. The molecular formula is C22H29N3O2S. The van der Waals surface area contributed by atoms with Gasteiger partial charge < -0.3 is 10.4 Å². The summed E-state index contributed by atoms with van der Waals surface area (Å²) < 4.78 is 0. The molecular weight excluding hydrogens is 370 g/mol. The largest absolute Gasteiger partial charge is 0.507 e. The van der Waals surface area contributed by atoms with Crippen molar-refractivity contribution in [1.82, 2.24) is 9.80 Å². The van der Waals surface area contributed by atoms with E-state index in [9.17, 15) is 9.90 Å². The van der Waals surface area contributed by atoms with Crippen LogP contribution in [0.15, 0.2) is 29.6 Å². The minimum absolute atomic E-state index is 0.00705.